The van der Waals surface area contributed by atoms with Gasteiger partial charge >= 0.3 is 0 Å². The van der Waals surface area contributed by atoms with Gasteiger partial charge in [-0.1, -0.05) is 17.7 Å². The van der Waals surface area contributed by atoms with Crippen LogP contribution in [0.5, 0.6) is 0 Å². The summed E-state index contributed by atoms with van der Waals surface area (Å²) in [6.45, 7) is 3.18. The van der Waals surface area contributed by atoms with E-state index in [2.05, 4.69) is 10.6 Å². The fraction of sp³-hybridized carbons (Fsp3) is 0.462. The third-order valence-corrected chi connectivity index (χ3v) is 3.09. The molecule has 1 fully saturated rings. The lowest BCUT2D eigenvalue weighted by molar-refractivity contribution is -0.135. The molecule has 1 heterocycles. The molecule has 0 aromatic heterocycles. The number of benzene rings is 1. The van der Waals surface area contributed by atoms with Crippen LogP contribution in [0.1, 0.15) is 18.4 Å². The molecule has 4 nitrogen and oxygen atoms in total. The lowest BCUT2D eigenvalue weighted by atomic mass is 9.93. The second-order valence-corrected chi connectivity index (χ2v) is 4.63. The molecule has 1 unspecified atom stereocenters. The first-order valence-corrected chi connectivity index (χ1v) is 5.91. The molecule has 1 aromatic rings. The van der Waals surface area contributed by atoms with Gasteiger partial charge < -0.3 is 15.7 Å². The SMILES string of the molecule is Cc1ccc(NC(=O)C2(O)CCCNC2)cc1. The number of aryl methyl sites for hydroxylation is 1. The van der Waals surface area contributed by atoms with Crippen LogP contribution in [-0.4, -0.2) is 29.7 Å². The number of amides is 1. The van der Waals surface area contributed by atoms with Gasteiger partial charge in [0.15, 0.2) is 5.60 Å². The summed E-state index contributed by atoms with van der Waals surface area (Å²) in [4.78, 5) is 12.0. The molecule has 2 rings (SSSR count). The number of β-amino-alcohol motifs (C(OH)–C–C–N with tert-alkyl or cyclic N) is 1. The average molecular weight is 234 g/mol. The minimum absolute atomic E-state index is 0.324. The van der Waals surface area contributed by atoms with E-state index in [1.165, 1.54) is 0 Å². The first-order valence-electron chi connectivity index (χ1n) is 5.91. The number of rotatable bonds is 2. The minimum atomic E-state index is -1.27. The standard InChI is InChI=1S/C13H18N2O2/c1-10-3-5-11(6-4-10)15-12(16)13(17)7-2-8-14-9-13/h3-6,14,17H,2,7-9H2,1H3,(H,15,16). The first-order chi connectivity index (χ1) is 8.10. The zero-order chi connectivity index (χ0) is 12.3. The Morgan fingerprint density at radius 1 is 1.41 bits per heavy atom. The molecule has 0 aliphatic carbocycles. The van der Waals surface area contributed by atoms with Gasteiger partial charge in [-0.3, -0.25) is 4.79 Å². The smallest absolute Gasteiger partial charge is 0.257 e. The third kappa shape index (κ3) is 2.84. The molecule has 1 aliphatic heterocycles. The van der Waals surface area contributed by atoms with E-state index in [0.29, 0.717) is 13.0 Å². The third-order valence-electron chi connectivity index (χ3n) is 3.09. The molecule has 1 aliphatic rings. The summed E-state index contributed by atoms with van der Waals surface area (Å²) in [5, 5.41) is 16.0. The summed E-state index contributed by atoms with van der Waals surface area (Å²) in [5.74, 6) is -0.325. The Morgan fingerprint density at radius 3 is 2.71 bits per heavy atom. The van der Waals surface area contributed by atoms with Crippen molar-refractivity contribution >= 4 is 11.6 Å². The molecule has 1 saturated heterocycles. The summed E-state index contributed by atoms with van der Waals surface area (Å²) >= 11 is 0. The Hall–Kier alpha value is -1.39. The van der Waals surface area contributed by atoms with Crippen LogP contribution >= 0.6 is 0 Å². The lowest BCUT2D eigenvalue weighted by Crippen LogP contribution is -2.53. The fourth-order valence-electron chi connectivity index (χ4n) is 1.97. The van der Waals surface area contributed by atoms with Gasteiger partial charge in [0.25, 0.3) is 5.91 Å². The van der Waals surface area contributed by atoms with E-state index in [0.717, 1.165) is 24.2 Å². The van der Waals surface area contributed by atoms with Gasteiger partial charge in [0, 0.05) is 12.2 Å². The molecule has 0 bridgehead atoms. The molecule has 1 aromatic carbocycles. The molecule has 1 amide bonds. The summed E-state index contributed by atoms with van der Waals surface area (Å²) in [6, 6.07) is 7.54. The van der Waals surface area contributed by atoms with E-state index in [4.69, 9.17) is 0 Å². The molecule has 0 spiro atoms. The molecular weight excluding hydrogens is 216 g/mol. The number of hydrogen-bond acceptors (Lipinski definition) is 3. The van der Waals surface area contributed by atoms with E-state index in [1.54, 1.807) is 0 Å². The Kier molecular flexibility index (Phi) is 3.45. The summed E-state index contributed by atoms with van der Waals surface area (Å²) in [5.41, 5.74) is 0.587. The first kappa shape index (κ1) is 12.1. The monoisotopic (exact) mass is 234 g/mol. The minimum Gasteiger partial charge on any atom is -0.379 e. The highest BCUT2D eigenvalue weighted by Gasteiger charge is 2.37. The predicted molar refractivity (Wildman–Crippen MR) is 66.9 cm³/mol. The normalized spacial score (nSPS) is 24.4. The van der Waals surface area contributed by atoms with Gasteiger partial charge in [-0.2, -0.15) is 0 Å². The topological polar surface area (TPSA) is 61.4 Å². The maximum atomic E-state index is 12.0. The van der Waals surface area contributed by atoms with Crippen LogP contribution in [0.2, 0.25) is 0 Å². The molecule has 1 atom stereocenters. The second kappa shape index (κ2) is 4.85. The van der Waals surface area contributed by atoms with Crippen molar-refractivity contribution in [2.24, 2.45) is 0 Å². The zero-order valence-electron chi connectivity index (χ0n) is 9.99. The number of piperidine rings is 1. The van der Waals surface area contributed by atoms with Crippen molar-refractivity contribution in [1.82, 2.24) is 5.32 Å². The van der Waals surface area contributed by atoms with E-state index < -0.39 is 5.60 Å². The highest BCUT2D eigenvalue weighted by molar-refractivity contribution is 5.97. The van der Waals surface area contributed by atoms with E-state index in [-0.39, 0.29) is 5.91 Å². The van der Waals surface area contributed by atoms with Gasteiger partial charge in [0.05, 0.1) is 0 Å². The van der Waals surface area contributed by atoms with Crippen molar-refractivity contribution in [3.8, 4) is 0 Å². The Labute approximate surface area is 101 Å². The van der Waals surface area contributed by atoms with Crippen molar-refractivity contribution in [3.05, 3.63) is 29.8 Å². The lowest BCUT2D eigenvalue weighted by Gasteiger charge is -2.31. The maximum Gasteiger partial charge on any atom is 0.257 e. The second-order valence-electron chi connectivity index (χ2n) is 4.63. The predicted octanol–water partition coefficient (Wildman–Crippen LogP) is 1.05. The maximum absolute atomic E-state index is 12.0. The van der Waals surface area contributed by atoms with Crippen molar-refractivity contribution < 1.29 is 9.90 Å². The van der Waals surface area contributed by atoms with Crippen molar-refractivity contribution in [2.75, 3.05) is 18.4 Å². The molecule has 17 heavy (non-hydrogen) atoms. The number of carbonyl (C=O) groups excluding carboxylic acids is 1. The van der Waals surface area contributed by atoms with Crippen molar-refractivity contribution in [2.45, 2.75) is 25.4 Å². The molecule has 4 heteroatoms. The molecular formula is C13H18N2O2. The van der Waals surface area contributed by atoms with Crippen molar-refractivity contribution in [1.29, 1.82) is 0 Å². The van der Waals surface area contributed by atoms with Crippen LogP contribution < -0.4 is 10.6 Å². The Morgan fingerprint density at radius 2 is 2.12 bits per heavy atom. The molecule has 92 valence electrons. The molecule has 0 saturated carbocycles. The van der Waals surface area contributed by atoms with Gasteiger partial charge in [-0.15, -0.1) is 0 Å². The van der Waals surface area contributed by atoms with Crippen LogP contribution in [0, 0.1) is 6.92 Å². The van der Waals surface area contributed by atoms with Crippen LogP contribution in [0.15, 0.2) is 24.3 Å². The highest BCUT2D eigenvalue weighted by atomic mass is 16.3. The quantitative estimate of drug-likeness (QED) is 0.716. The average Bonchev–Trinajstić information content (AvgIpc) is 2.33. The zero-order valence-corrected chi connectivity index (χ0v) is 9.99. The van der Waals surface area contributed by atoms with Gasteiger partial charge in [-0.25, -0.2) is 0 Å². The number of hydrogen-bond donors (Lipinski definition) is 3. The highest BCUT2D eigenvalue weighted by Crippen LogP contribution is 2.19. The largest absolute Gasteiger partial charge is 0.379 e. The van der Waals surface area contributed by atoms with Crippen LogP contribution in [0.25, 0.3) is 0 Å². The van der Waals surface area contributed by atoms with E-state index in [9.17, 15) is 9.90 Å². The van der Waals surface area contributed by atoms with Gasteiger partial charge in [0.2, 0.25) is 0 Å². The number of aliphatic hydroxyl groups is 1. The Balaban J connectivity index is 2.03. The fourth-order valence-corrected chi connectivity index (χ4v) is 1.97. The summed E-state index contributed by atoms with van der Waals surface area (Å²) < 4.78 is 0. The van der Waals surface area contributed by atoms with Crippen LogP contribution in [0.4, 0.5) is 5.69 Å². The van der Waals surface area contributed by atoms with Crippen LogP contribution in [-0.2, 0) is 4.79 Å². The number of anilines is 1. The summed E-state index contributed by atoms with van der Waals surface area (Å²) in [7, 11) is 0. The van der Waals surface area contributed by atoms with Gasteiger partial charge in [-0.05, 0) is 38.4 Å². The van der Waals surface area contributed by atoms with Gasteiger partial charge in [0.1, 0.15) is 0 Å². The number of nitrogens with one attached hydrogen (secondary N) is 2. The molecule has 0 radical (unpaired) electrons. The van der Waals surface area contributed by atoms with E-state index >= 15 is 0 Å². The Bertz CT molecular complexity index is 394. The number of carbonyl (C=O) groups is 1. The van der Waals surface area contributed by atoms with E-state index in [1.807, 2.05) is 31.2 Å². The van der Waals surface area contributed by atoms with Crippen molar-refractivity contribution in [3.63, 3.8) is 0 Å². The van der Waals surface area contributed by atoms with Crippen LogP contribution in [0.3, 0.4) is 0 Å². The summed E-state index contributed by atoms with van der Waals surface area (Å²) in [6.07, 6.45) is 1.33. The molecule has 3 N–H and O–H groups in total.